The molecule has 0 unspecified atom stereocenters. The van der Waals surface area contributed by atoms with Crippen LogP contribution in [0.15, 0.2) is 36.5 Å². The van der Waals surface area contributed by atoms with Gasteiger partial charge in [0.2, 0.25) is 0 Å². The van der Waals surface area contributed by atoms with E-state index in [1.165, 1.54) is 88.9 Å². The monoisotopic (exact) mass is 302 g/mol. The van der Waals surface area contributed by atoms with Crippen LogP contribution in [0.1, 0.15) is 51.4 Å². The lowest BCUT2D eigenvalue weighted by Gasteiger charge is -2.26. The molecule has 0 N–H and O–H groups in total. The van der Waals surface area contributed by atoms with Crippen LogP contribution in [0.25, 0.3) is 0 Å². The van der Waals surface area contributed by atoms with Gasteiger partial charge in [-0.05, 0) is 64.7 Å². The summed E-state index contributed by atoms with van der Waals surface area (Å²) in [5, 5.41) is 0. The fourth-order valence-electron chi connectivity index (χ4n) is 3.37. The highest BCUT2D eigenvalue weighted by atomic mass is 15.1. The normalized spacial score (nSPS) is 21.3. The van der Waals surface area contributed by atoms with Crippen LogP contribution in [0.4, 0.5) is 0 Å². The lowest BCUT2D eigenvalue weighted by molar-refractivity contribution is 0.231. The molecule has 0 radical (unpaired) electrons. The number of hydrogen-bond acceptors (Lipinski definition) is 2. The van der Waals surface area contributed by atoms with Crippen molar-refractivity contribution in [3.8, 4) is 0 Å². The predicted octanol–water partition coefficient (Wildman–Crippen LogP) is 4.41. The number of allylic oxidation sites excluding steroid dienone is 2. The van der Waals surface area contributed by atoms with Crippen molar-refractivity contribution >= 4 is 0 Å². The summed E-state index contributed by atoms with van der Waals surface area (Å²) in [6.45, 7) is 15.8. The van der Waals surface area contributed by atoms with E-state index in [2.05, 4.69) is 35.1 Å². The van der Waals surface area contributed by atoms with Crippen LogP contribution >= 0.6 is 0 Å². The fraction of sp³-hybridized carbons (Fsp3) is 0.700. The van der Waals surface area contributed by atoms with Crippen LogP contribution in [0, 0.1) is 0 Å². The van der Waals surface area contributed by atoms with Gasteiger partial charge in [-0.1, -0.05) is 49.3 Å². The second kappa shape index (κ2) is 10.0. The molecule has 2 nitrogen and oxygen atoms in total. The molecule has 0 amide bonds. The first kappa shape index (κ1) is 17.5. The molecule has 2 fully saturated rings. The molecule has 0 bridgehead atoms. The number of rotatable bonds is 8. The predicted molar refractivity (Wildman–Crippen MR) is 97.2 cm³/mol. The minimum Gasteiger partial charge on any atom is -0.303 e. The zero-order valence-electron chi connectivity index (χ0n) is 14.4. The number of likely N-dealkylation sites (tertiary alicyclic amines) is 2. The highest BCUT2D eigenvalue weighted by Gasteiger charge is 2.10. The number of piperidine rings is 2. The average molecular weight is 303 g/mol. The molecule has 0 saturated carbocycles. The SMILES string of the molecule is C=C(C=CC(=C)CCN1CCCCC1)CCN1CCCCC1. The molecule has 2 heterocycles. The summed E-state index contributed by atoms with van der Waals surface area (Å²) in [5.74, 6) is 0. The Bertz CT molecular complexity index is 335. The molecule has 0 aromatic rings. The first-order valence-corrected chi connectivity index (χ1v) is 9.22. The van der Waals surface area contributed by atoms with Crippen LogP contribution in [0.3, 0.4) is 0 Å². The highest BCUT2D eigenvalue weighted by Crippen LogP contribution is 2.13. The molecule has 0 atom stereocenters. The molecule has 0 aliphatic carbocycles. The van der Waals surface area contributed by atoms with Gasteiger partial charge in [0, 0.05) is 13.1 Å². The fourth-order valence-corrected chi connectivity index (χ4v) is 3.37. The summed E-state index contributed by atoms with van der Waals surface area (Å²) >= 11 is 0. The molecule has 0 spiro atoms. The molecular weight excluding hydrogens is 268 g/mol. The van der Waals surface area contributed by atoms with E-state index in [0.717, 1.165) is 12.8 Å². The van der Waals surface area contributed by atoms with E-state index in [4.69, 9.17) is 0 Å². The van der Waals surface area contributed by atoms with Gasteiger partial charge in [-0.15, -0.1) is 0 Å². The molecule has 0 aromatic carbocycles. The van der Waals surface area contributed by atoms with Gasteiger partial charge in [0.25, 0.3) is 0 Å². The molecular formula is C20H34N2. The third-order valence-corrected chi connectivity index (χ3v) is 4.95. The van der Waals surface area contributed by atoms with Gasteiger partial charge in [0.05, 0.1) is 0 Å². The Morgan fingerprint density at radius 3 is 1.36 bits per heavy atom. The van der Waals surface area contributed by atoms with Crippen molar-refractivity contribution in [1.29, 1.82) is 0 Å². The van der Waals surface area contributed by atoms with Gasteiger partial charge in [-0.25, -0.2) is 0 Å². The first-order valence-electron chi connectivity index (χ1n) is 9.22. The van der Waals surface area contributed by atoms with Gasteiger partial charge in [-0.2, -0.15) is 0 Å². The van der Waals surface area contributed by atoms with E-state index >= 15 is 0 Å². The first-order chi connectivity index (χ1) is 10.7. The van der Waals surface area contributed by atoms with Crippen molar-refractivity contribution in [2.24, 2.45) is 0 Å². The van der Waals surface area contributed by atoms with Crippen molar-refractivity contribution in [3.63, 3.8) is 0 Å². The van der Waals surface area contributed by atoms with Gasteiger partial charge in [-0.3, -0.25) is 0 Å². The highest BCUT2D eigenvalue weighted by molar-refractivity contribution is 5.24. The average Bonchev–Trinajstić information content (AvgIpc) is 2.58. The van der Waals surface area contributed by atoms with Crippen molar-refractivity contribution in [3.05, 3.63) is 36.5 Å². The van der Waals surface area contributed by atoms with E-state index in [1.54, 1.807) is 0 Å². The lowest BCUT2D eigenvalue weighted by Crippen LogP contribution is -2.30. The second-order valence-corrected chi connectivity index (χ2v) is 6.95. The van der Waals surface area contributed by atoms with E-state index in [-0.39, 0.29) is 0 Å². The maximum Gasteiger partial charge on any atom is 0.00216 e. The molecule has 22 heavy (non-hydrogen) atoms. The molecule has 2 saturated heterocycles. The summed E-state index contributed by atoms with van der Waals surface area (Å²) in [7, 11) is 0. The molecule has 124 valence electrons. The third kappa shape index (κ3) is 6.93. The zero-order chi connectivity index (χ0) is 15.6. The van der Waals surface area contributed by atoms with Crippen LogP contribution < -0.4 is 0 Å². The molecule has 2 aliphatic rings. The maximum absolute atomic E-state index is 4.20. The van der Waals surface area contributed by atoms with E-state index in [0.29, 0.717) is 0 Å². The summed E-state index contributed by atoms with van der Waals surface area (Å²) in [4.78, 5) is 5.15. The summed E-state index contributed by atoms with van der Waals surface area (Å²) in [6, 6.07) is 0. The lowest BCUT2D eigenvalue weighted by atomic mass is 10.1. The Morgan fingerprint density at radius 1 is 0.636 bits per heavy atom. The Morgan fingerprint density at radius 2 is 1.00 bits per heavy atom. The van der Waals surface area contributed by atoms with E-state index < -0.39 is 0 Å². The Hall–Kier alpha value is -0.860. The van der Waals surface area contributed by atoms with Crippen molar-refractivity contribution in [2.75, 3.05) is 39.3 Å². The van der Waals surface area contributed by atoms with Crippen LogP contribution in [0.2, 0.25) is 0 Å². The molecule has 2 rings (SSSR count). The number of nitrogens with zero attached hydrogens (tertiary/aromatic N) is 2. The standard InChI is InChI=1S/C20H34N2/c1-19(11-17-21-13-5-3-6-14-21)9-10-20(2)12-18-22-15-7-4-8-16-22/h9-10H,1-8,11-18H2. The Labute approximate surface area is 137 Å². The van der Waals surface area contributed by atoms with Crippen LogP contribution in [0.5, 0.6) is 0 Å². The van der Waals surface area contributed by atoms with Gasteiger partial charge in [0.1, 0.15) is 0 Å². The van der Waals surface area contributed by atoms with Gasteiger partial charge < -0.3 is 9.80 Å². The van der Waals surface area contributed by atoms with E-state index in [9.17, 15) is 0 Å². The Kier molecular flexibility index (Phi) is 7.96. The summed E-state index contributed by atoms with van der Waals surface area (Å²) in [5.41, 5.74) is 2.48. The smallest absolute Gasteiger partial charge is 0.00216 e. The van der Waals surface area contributed by atoms with Crippen molar-refractivity contribution in [2.45, 2.75) is 51.4 Å². The zero-order valence-corrected chi connectivity index (χ0v) is 14.4. The van der Waals surface area contributed by atoms with Gasteiger partial charge in [0.15, 0.2) is 0 Å². The van der Waals surface area contributed by atoms with Crippen molar-refractivity contribution in [1.82, 2.24) is 9.80 Å². The maximum atomic E-state index is 4.20. The minimum absolute atomic E-state index is 1.09. The van der Waals surface area contributed by atoms with Gasteiger partial charge >= 0.3 is 0 Å². The third-order valence-electron chi connectivity index (χ3n) is 4.95. The minimum atomic E-state index is 1.09. The molecule has 2 heteroatoms. The topological polar surface area (TPSA) is 6.48 Å². The molecule has 0 aromatic heterocycles. The van der Waals surface area contributed by atoms with Crippen LogP contribution in [-0.4, -0.2) is 49.1 Å². The quantitative estimate of drug-likeness (QED) is 0.613. The van der Waals surface area contributed by atoms with Crippen molar-refractivity contribution < 1.29 is 0 Å². The largest absolute Gasteiger partial charge is 0.303 e. The van der Waals surface area contributed by atoms with E-state index in [1.807, 2.05) is 0 Å². The summed E-state index contributed by atoms with van der Waals surface area (Å²) in [6.07, 6.45) is 14.9. The second-order valence-electron chi connectivity index (χ2n) is 6.95. The Balaban J connectivity index is 1.58. The molecule has 2 aliphatic heterocycles. The van der Waals surface area contributed by atoms with Crippen LogP contribution in [-0.2, 0) is 0 Å². The number of hydrogen-bond donors (Lipinski definition) is 0. The summed E-state index contributed by atoms with van der Waals surface area (Å²) < 4.78 is 0.